The van der Waals surface area contributed by atoms with Crippen LogP contribution in [0.2, 0.25) is 0 Å². The van der Waals surface area contributed by atoms with Gasteiger partial charge in [0.1, 0.15) is 5.70 Å². The standard InChI is InChI=1S/C16H14N2OS2/c1-11(12-6-3-2-4-7-12)18-15(19)14(17-16(18)20)10-13-8-5-9-21-13/h2-11H,1H3,(H,17,20)/b14-10-. The summed E-state index contributed by atoms with van der Waals surface area (Å²) in [5.74, 6) is -0.0789. The molecule has 1 aliphatic heterocycles. The number of benzene rings is 1. The Balaban J connectivity index is 1.88. The van der Waals surface area contributed by atoms with Crippen molar-refractivity contribution in [2.45, 2.75) is 13.0 Å². The van der Waals surface area contributed by atoms with Gasteiger partial charge in [-0.1, -0.05) is 36.4 Å². The van der Waals surface area contributed by atoms with Crippen molar-refractivity contribution < 1.29 is 4.79 Å². The fourth-order valence-corrected chi connectivity index (χ4v) is 3.31. The Kier molecular flexibility index (Phi) is 3.86. The van der Waals surface area contributed by atoms with Gasteiger partial charge in [0.2, 0.25) is 0 Å². The third kappa shape index (κ3) is 2.75. The number of thiophene rings is 1. The van der Waals surface area contributed by atoms with Crippen LogP contribution in [0.15, 0.2) is 53.5 Å². The quantitative estimate of drug-likeness (QED) is 0.694. The highest BCUT2D eigenvalue weighted by molar-refractivity contribution is 7.80. The van der Waals surface area contributed by atoms with Crippen LogP contribution in [0.4, 0.5) is 0 Å². The number of carbonyl (C=O) groups excluding carboxylic acids is 1. The predicted molar refractivity (Wildman–Crippen MR) is 89.7 cm³/mol. The molecular weight excluding hydrogens is 300 g/mol. The zero-order valence-electron chi connectivity index (χ0n) is 11.4. The maximum absolute atomic E-state index is 12.6. The van der Waals surface area contributed by atoms with Gasteiger partial charge in [-0.2, -0.15) is 0 Å². The van der Waals surface area contributed by atoms with Gasteiger partial charge in [-0.3, -0.25) is 9.69 Å². The number of carbonyl (C=O) groups is 1. The third-order valence-corrected chi connectivity index (χ3v) is 4.53. The first kappa shape index (κ1) is 14.0. The molecule has 2 heterocycles. The van der Waals surface area contributed by atoms with Crippen molar-refractivity contribution in [2.24, 2.45) is 0 Å². The van der Waals surface area contributed by atoms with E-state index in [0.29, 0.717) is 10.8 Å². The second-order valence-corrected chi connectivity index (χ2v) is 6.13. The summed E-state index contributed by atoms with van der Waals surface area (Å²) in [6.45, 7) is 1.98. The van der Waals surface area contributed by atoms with Crippen LogP contribution in [-0.2, 0) is 4.79 Å². The Bertz CT molecular complexity index is 692. The fourth-order valence-electron chi connectivity index (χ4n) is 2.30. The van der Waals surface area contributed by atoms with Crippen LogP contribution in [0, 0.1) is 0 Å². The van der Waals surface area contributed by atoms with Gasteiger partial charge in [-0.05, 0) is 42.2 Å². The molecule has 0 aliphatic carbocycles. The first-order valence-corrected chi connectivity index (χ1v) is 7.90. The molecule has 1 aliphatic rings. The lowest BCUT2D eigenvalue weighted by molar-refractivity contribution is -0.123. The number of nitrogens with one attached hydrogen (secondary N) is 1. The highest BCUT2D eigenvalue weighted by atomic mass is 32.1. The molecule has 0 bridgehead atoms. The molecule has 106 valence electrons. The molecule has 1 aromatic carbocycles. The molecule has 1 amide bonds. The molecule has 0 spiro atoms. The first-order chi connectivity index (χ1) is 10.2. The number of nitrogens with zero attached hydrogens (tertiary/aromatic N) is 1. The summed E-state index contributed by atoms with van der Waals surface area (Å²) in [7, 11) is 0. The minimum atomic E-state index is -0.0899. The van der Waals surface area contributed by atoms with E-state index in [1.54, 1.807) is 16.2 Å². The van der Waals surface area contributed by atoms with Crippen molar-refractivity contribution in [2.75, 3.05) is 0 Å². The highest BCUT2D eigenvalue weighted by Gasteiger charge is 2.34. The van der Waals surface area contributed by atoms with Gasteiger partial charge < -0.3 is 5.32 Å². The van der Waals surface area contributed by atoms with E-state index in [9.17, 15) is 4.79 Å². The molecule has 1 saturated heterocycles. The van der Waals surface area contributed by atoms with Gasteiger partial charge in [-0.15, -0.1) is 11.3 Å². The number of hydrogen-bond acceptors (Lipinski definition) is 3. The summed E-state index contributed by atoms with van der Waals surface area (Å²) >= 11 is 6.91. The maximum atomic E-state index is 12.6. The molecule has 1 atom stereocenters. The van der Waals surface area contributed by atoms with Gasteiger partial charge in [0.15, 0.2) is 5.11 Å². The molecule has 1 aromatic heterocycles. The predicted octanol–water partition coefficient (Wildman–Crippen LogP) is 3.57. The molecular formula is C16H14N2OS2. The zero-order chi connectivity index (χ0) is 14.8. The topological polar surface area (TPSA) is 32.3 Å². The van der Waals surface area contributed by atoms with Crippen molar-refractivity contribution in [1.29, 1.82) is 0 Å². The summed E-state index contributed by atoms with van der Waals surface area (Å²) in [4.78, 5) is 15.2. The Morgan fingerprint density at radius 2 is 2.00 bits per heavy atom. The van der Waals surface area contributed by atoms with Crippen LogP contribution in [0.25, 0.3) is 6.08 Å². The minimum absolute atomic E-state index is 0.0789. The Labute approximate surface area is 132 Å². The zero-order valence-corrected chi connectivity index (χ0v) is 13.1. The largest absolute Gasteiger partial charge is 0.328 e. The van der Waals surface area contributed by atoms with Crippen LogP contribution in [0.5, 0.6) is 0 Å². The summed E-state index contributed by atoms with van der Waals surface area (Å²) in [6.07, 6.45) is 1.84. The molecule has 2 aromatic rings. The summed E-state index contributed by atoms with van der Waals surface area (Å²) in [5.41, 5.74) is 1.60. The third-order valence-electron chi connectivity index (χ3n) is 3.41. The maximum Gasteiger partial charge on any atom is 0.277 e. The lowest BCUT2D eigenvalue weighted by Gasteiger charge is -2.23. The smallest absolute Gasteiger partial charge is 0.277 e. The minimum Gasteiger partial charge on any atom is -0.328 e. The van der Waals surface area contributed by atoms with Crippen molar-refractivity contribution in [1.82, 2.24) is 10.2 Å². The fraction of sp³-hybridized carbons (Fsp3) is 0.125. The number of hydrogen-bond donors (Lipinski definition) is 1. The molecule has 21 heavy (non-hydrogen) atoms. The second kappa shape index (κ2) is 5.79. The van der Waals surface area contributed by atoms with E-state index >= 15 is 0 Å². The lowest BCUT2D eigenvalue weighted by atomic mass is 10.1. The van der Waals surface area contributed by atoms with Crippen molar-refractivity contribution in [3.8, 4) is 0 Å². The monoisotopic (exact) mass is 314 g/mol. The highest BCUT2D eigenvalue weighted by Crippen LogP contribution is 2.26. The molecule has 0 radical (unpaired) electrons. The van der Waals surface area contributed by atoms with Gasteiger partial charge in [0.05, 0.1) is 6.04 Å². The van der Waals surface area contributed by atoms with Gasteiger partial charge in [-0.25, -0.2) is 0 Å². The molecule has 0 saturated carbocycles. The lowest BCUT2D eigenvalue weighted by Crippen LogP contribution is -2.33. The molecule has 1 N–H and O–H groups in total. The second-order valence-electron chi connectivity index (χ2n) is 4.77. The van der Waals surface area contributed by atoms with Gasteiger partial charge >= 0.3 is 0 Å². The van der Waals surface area contributed by atoms with E-state index in [0.717, 1.165) is 10.4 Å². The van der Waals surface area contributed by atoms with E-state index in [1.807, 2.05) is 60.8 Å². The van der Waals surface area contributed by atoms with E-state index in [1.165, 1.54) is 0 Å². The number of rotatable bonds is 3. The van der Waals surface area contributed by atoms with Crippen LogP contribution in [0.1, 0.15) is 23.4 Å². The average molecular weight is 314 g/mol. The summed E-state index contributed by atoms with van der Waals surface area (Å²) < 4.78 is 0. The van der Waals surface area contributed by atoms with E-state index in [4.69, 9.17) is 12.2 Å². The van der Waals surface area contributed by atoms with Crippen LogP contribution in [0.3, 0.4) is 0 Å². The molecule has 3 nitrogen and oxygen atoms in total. The van der Waals surface area contributed by atoms with Gasteiger partial charge in [0.25, 0.3) is 5.91 Å². The Morgan fingerprint density at radius 1 is 1.24 bits per heavy atom. The number of thiocarbonyl (C=S) groups is 1. The summed E-state index contributed by atoms with van der Waals surface area (Å²) in [5, 5.41) is 5.46. The first-order valence-electron chi connectivity index (χ1n) is 6.61. The average Bonchev–Trinajstić information content (AvgIpc) is 3.09. The van der Waals surface area contributed by atoms with Crippen molar-refractivity contribution in [3.05, 3.63) is 64.0 Å². The molecule has 1 fully saturated rings. The van der Waals surface area contributed by atoms with Crippen LogP contribution >= 0.6 is 23.6 Å². The SMILES string of the molecule is CC(c1ccccc1)N1C(=O)/C(=C/c2cccs2)NC1=S. The van der Waals surface area contributed by atoms with E-state index in [2.05, 4.69) is 5.32 Å². The molecule has 1 unspecified atom stereocenters. The van der Waals surface area contributed by atoms with Crippen LogP contribution in [-0.4, -0.2) is 15.9 Å². The Hall–Kier alpha value is -1.98. The molecule has 5 heteroatoms. The van der Waals surface area contributed by atoms with E-state index < -0.39 is 0 Å². The summed E-state index contributed by atoms with van der Waals surface area (Å²) in [6, 6.07) is 13.7. The van der Waals surface area contributed by atoms with E-state index in [-0.39, 0.29) is 11.9 Å². The Morgan fingerprint density at radius 3 is 2.67 bits per heavy atom. The molecule has 3 rings (SSSR count). The van der Waals surface area contributed by atoms with Crippen LogP contribution < -0.4 is 5.32 Å². The number of amides is 1. The van der Waals surface area contributed by atoms with Gasteiger partial charge in [0, 0.05) is 4.88 Å². The van der Waals surface area contributed by atoms with Crippen molar-refractivity contribution in [3.63, 3.8) is 0 Å². The normalized spacial score (nSPS) is 18.1. The van der Waals surface area contributed by atoms with Crippen molar-refractivity contribution >= 4 is 40.7 Å².